The molecule has 2 nitrogen and oxygen atoms in total. The lowest BCUT2D eigenvalue weighted by Gasteiger charge is -2.45. The third kappa shape index (κ3) is 3.80. The van der Waals surface area contributed by atoms with Crippen LogP contribution in [0.4, 0.5) is 34.1 Å². The molecule has 15 rings (SSSR count). The quantitative estimate of drug-likeness (QED) is 0.162. The molecule has 0 unspecified atom stereocenters. The second-order valence-corrected chi connectivity index (χ2v) is 19.6. The summed E-state index contributed by atoms with van der Waals surface area (Å²) in [4.78, 5) is 5.26. The summed E-state index contributed by atoms with van der Waals surface area (Å²) in [5.74, 6) is 3.14. The molecule has 4 saturated carbocycles. The fourth-order valence-electron chi connectivity index (χ4n) is 15.4. The highest BCUT2D eigenvalue weighted by Gasteiger charge is 2.59. The van der Waals surface area contributed by atoms with Gasteiger partial charge in [-0.1, -0.05) is 116 Å². The minimum Gasteiger partial charge on any atom is -0.311 e. The summed E-state index contributed by atoms with van der Waals surface area (Å²) in [6, 6.07) is 59.6. The third-order valence-electron chi connectivity index (χ3n) is 17.4. The maximum atomic E-state index is 2.69. The monoisotopic (exact) mass is 756 g/mol. The van der Waals surface area contributed by atoms with E-state index in [4.69, 9.17) is 0 Å². The van der Waals surface area contributed by atoms with Crippen LogP contribution in [0, 0.1) is 23.7 Å². The number of hydrogen-bond acceptors (Lipinski definition) is 2. The van der Waals surface area contributed by atoms with Gasteiger partial charge in [0.15, 0.2) is 0 Å². The summed E-state index contributed by atoms with van der Waals surface area (Å²) in [6.45, 7) is 0.119. The maximum absolute atomic E-state index is 2.69. The molecular formula is C56H45BN2. The molecule has 6 atom stereocenters. The van der Waals surface area contributed by atoms with Crippen molar-refractivity contribution in [3.05, 3.63) is 174 Å². The first-order valence-corrected chi connectivity index (χ1v) is 22.6. The van der Waals surface area contributed by atoms with Gasteiger partial charge >= 0.3 is 0 Å². The molecule has 7 aromatic rings. The van der Waals surface area contributed by atoms with Gasteiger partial charge in [-0.25, -0.2) is 0 Å². The fraction of sp³-hybridized carbons (Fsp3) is 0.250. The Labute approximate surface area is 347 Å². The Morgan fingerprint density at radius 2 is 0.983 bits per heavy atom. The smallest absolute Gasteiger partial charge is 0.252 e. The summed E-state index contributed by atoms with van der Waals surface area (Å²) >= 11 is 0. The highest BCUT2D eigenvalue weighted by atomic mass is 15.2. The summed E-state index contributed by atoms with van der Waals surface area (Å²) < 4.78 is 0. The fourth-order valence-corrected chi connectivity index (χ4v) is 15.4. The molecule has 2 aliphatic heterocycles. The Balaban J connectivity index is 0.978. The number of nitrogens with zero attached hydrogens (tertiary/aromatic N) is 2. The van der Waals surface area contributed by atoms with E-state index in [9.17, 15) is 0 Å². The molecule has 0 saturated heterocycles. The van der Waals surface area contributed by atoms with Crippen LogP contribution in [0.3, 0.4) is 0 Å². The topological polar surface area (TPSA) is 6.48 Å². The van der Waals surface area contributed by atoms with Crippen LogP contribution in [0.2, 0.25) is 0 Å². The molecule has 4 bridgehead atoms. The molecule has 0 N–H and O–H groups in total. The van der Waals surface area contributed by atoms with Crippen LogP contribution in [-0.4, -0.2) is 6.71 Å². The van der Waals surface area contributed by atoms with Crippen molar-refractivity contribution in [3.63, 3.8) is 0 Å². The van der Waals surface area contributed by atoms with E-state index in [1.165, 1.54) is 124 Å². The molecule has 0 amide bonds. The van der Waals surface area contributed by atoms with Gasteiger partial charge in [0.25, 0.3) is 6.71 Å². The van der Waals surface area contributed by atoms with Crippen molar-refractivity contribution in [2.24, 2.45) is 23.7 Å². The van der Waals surface area contributed by atoms with Gasteiger partial charge in [-0.15, -0.1) is 0 Å². The van der Waals surface area contributed by atoms with Crippen LogP contribution in [0.25, 0.3) is 22.3 Å². The average Bonchev–Trinajstić information content (AvgIpc) is 4.17. The highest BCUT2D eigenvalue weighted by Crippen LogP contribution is 2.68. The van der Waals surface area contributed by atoms with Crippen molar-refractivity contribution in [3.8, 4) is 22.3 Å². The van der Waals surface area contributed by atoms with Crippen LogP contribution in [0.15, 0.2) is 152 Å². The van der Waals surface area contributed by atoms with Crippen molar-refractivity contribution in [1.29, 1.82) is 0 Å². The van der Waals surface area contributed by atoms with Crippen molar-refractivity contribution in [2.75, 3.05) is 9.80 Å². The van der Waals surface area contributed by atoms with Crippen LogP contribution < -0.4 is 26.2 Å². The summed E-state index contributed by atoms with van der Waals surface area (Å²) in [6.07, 6.45) is 10.9. The molecule has 4 fully saturated rings. The Morgan fingerprint density at radius 3 is 1.66 bits per heavy atom. The molecule has 0 aromatic heterocycles. The van der Waals surface area contributed by atoms with E-state index in [0.29, 0.717) is 0 Å². The lowest BCUT2D eigenvalue weighted by molar-refractivity contribution is 0.327. The molecule has 2 spiro atoms. The predicted molar refractivity (Wildman–Crippen MR) is 244 cm³/mol. The highest BCUT2D eigenvalue weighted by molar-refractivity contribution is 7.00. The number of fused-ring (bicyclic) bond motifs is 20. The van der Waals surface area contributed by atoms with Crippen LogP contribution in [0.1, 0.15) is 73.6 Å². The summed E-state index contributed by atoms with van der Waals surface area (Å²) in [5, 5.41) is 0. The van der Waals surface area contributed by atoms with E-state index in [-0.39, 0.29) is 17.5 Å². The van der Waals surface area contributed by atoms with E-state index in [2.05, 4.69) is 161 Å². The summed E-state index contributed by atoms with van der Waals surface area (Å²) in [7, 11) is 0. The largest absolute Gasteiger partial charge is 0.311 e. The molecule has 59 heavy (non-hydrogen) atoms. The van der Waals surface area contributed by atoms with E-state index in [0.717, 1.165) is 23.7 Å². The number of benzene rings is 7. The maximum Gasteiger partial charge on any atom is 0.252 e. The number of para-hydroxylation sites is 2. The van der Waals surface area contributed by atoms with Crippen LogP contribution in [-0.2, 0) is 10.8 Å². The van der Waals surface area contributed by atoms with E-state index in [1.54, 1.807) is 22.3 Å². The summed E-state index contributed by atoms with van der Waals surface area (Å²) in [5.41, 5.74) is 24.5. The number of hydrogen-bond donors (Lipinski definition) is 0. The SMILES string of the molecule is c1ccc(N2c3cc4c(cc3B3c5ccccc5N(c5ccc6c(c5)[C@@]5(C[C@H]7CC[C@@H]5C7)c5ccccc5-6)c5cccc2c53)-c2ccccc2[C@]42C[C@H]3CC[C@@H]2C3)cc1. The molecule has 2 heterocycles. The first-order chi connectivity index (χ1) is 29.2. The van der Waals surface area contributed by atoms with E-state index in [1.807, 2.05) is 0 Å². The Hall–Kier alpha value is -5.80. The van der Waals surface area contributed by atoms with Crippen molar-refractivity contribution in [1.82, 2.24) is 0 Å². The zero-order chi connectivity index (χ0) is 38.2. The second kappa shape index (κ2) is 11.1. The van der Waals surface area contributed by atoms with Gasteiger partial charge < -0.3 is 9.80 Å². The Morgan fingerprint density at radius 1 is 0.407 bits per heavy atom. The molecule has 7 aromatic carbocycles. The van der Waals surface area contributed by atoms with Crippen LogP contribution in [0.5, 0.6) is 0 Å². The Bertz CT molecular complexity index is 2990. The lowest BCUT2D eigenvalue weighted by atomic mass is 9.33. The van der Waals surface area contributed by atoms with Crippen LogP contribution >= 0.6 is 0 Å². The van der Waals surface area contributed by atoms with E-state index < -0.39 is 0 Å². The molecule has 3 heteroatoms. The van der Waals surface area contributed by atoms with Crippen molar-refractivity contribution < 1.29 is 0 Å². The lowest BCUT2D eigenvalue weighted by Crippen LogP contribution is -2.61. The van der Waals surface area contributed by atoms with Gasteiger partial charge in [0.2, 0.25) is 0 Å². The third-order valence-corrected chi connectivity index (χ3v) is 17.4. The molecular weight excluding hydrogens is 711 g/mol. The second-order valence-electron chi connectivity index (χ2n) is 19.6. The zero-order valence-corrected chi connectivity index (χ0v) is 33.4. The molecule has 6 aliphatic carbocycles. The van der Waals surface area contributed by atoms with Gasteiger partial charge in [0.05, 0.1) is 0 Å². The van der Waals surface area contributed by atoms with E-state index >= 15 is 0 Å². The zero-order valence-electron chi connectivity index (χ0n) is 33.4. The first-order valence-electron chi connectivity index (χ1n) is 22.6. The van der Waals surface area contributed by atoms with Gasteiger partial charge in [0, 0.05) is 45.0 Å². The minimum atomic E-state index is 0.119. The van der Waals surface area contributed by atoms with Crippen molar-refractivity contribution >= 4 is 57.2 Å². The first kappa shape index (κ1) is 32.1. The molecule has 0 radical (unpaired) electrons. The minimum absolute atomic E-state index is 0.119. The predicted octanol–water partition coefficient (Wildman–Crippen LogP) is 11.9. The average molecular weight is 757 g/mol. The molecule has 8 aliphatic rings. The Kier molecular flexibility index (Phi) is 6.02. The van der Waals surface area contributed by atoms with Gasteiger partial charge in [0.1, 0.15) is 0 Å². The van der Waals surface area contributed by atoms with Gasteiger partial charge in [-0.05, 0) is 172 Å². The van der Waals surface area contributed by atoms with Gasteiger partial charge in [-0.2, -0.15) is 0 Å². The molecule has 282 valence electrons. The normalized spacial score (nSPS) is 27.5. The number of anilines is 6. The van der Waals surface area contributed by atoms with Gasteiger partial charge in [-0.3, -0.25) is 0 Å². The number of rotatable bonds is 2. The standard InChI is InChI=1S/C56H45BN2/c1-2-11-38(12-3-1)58-51-19-10-20-52-54(51)57(49-30-43-41-14-5-7-16-45(41)56(47(43)31-53(49)58)33-35-22-24-37(56)28-35)48-17-8-9-18-50(48)59(52)39-25-26-42-40-13-4-6-15-44(40)55(46(42)29-39)32-34-21-23-36(55)27-34/h1-20,25-26,29-31,34-37H,21-24,27-28,32-33H2/t34-,35-,36+,37+,55+,56+/m0/s1. The van der Waals surface area contributed by atoms with Crippen molar-refractivity contribution in [2.45, 2.75) is 62.2 Å².